The van der Waals surface area contributed by atoms with E-state index in [1.807, 2.05) is 11.5 Å². The van der Waals surface area contributed by atoms with Crippen LogP contribution in [-0.4, -0.2) is 61.7 Å². The van der Waals surface area contributed by atoms with Gasteiger partial charge in [-0.3, -0.25) is 9.59 Å². The molecule has 30 heavy (non-hydrogen) atoms. The minimum atomic E-state index is -3.75. The van der Waals surface area contributed by atoms with Crippen LogP contribution < -0.4 is 5.56 Å². The number of rotatable bonds is 6. The normalized spacial score (nSPS) is 18.8. The first-order valence-corrected chi connectivity index (χ1v) is 12.6. The first-order chi connectivity index (χ1) is 13.8. The molecule has 3 heterocycles. The minimum Gasteiger partial charge on any atom is -0.344 e. The Morgan fingerprint density at radius 1 is 1.23 bits per heavy atom. The number of sulfonamides is 1. The van der Waals surface area contributed by atoms with E-state index in [2.05, 4.69) is 0 Å². The molecule has 1 fully saturated rings. The van der Waals surface area contributed by atoms with E-state index in [-0.39, 0.29) is 34.8 Å². The van der Waals surface area contributed by atoms with Gasteiger partial charge in [0.25, 0.3) is 5.56 Å². The third-order valence-corrected chi connectivity index (χ3v) is 8.96. The Kier molecular flexibility index (Phi) is 5.82. The number of nitrogens with zero attached hydrogens (tertiary/aromatic N) is 3. The topological polar surface area (TPSA) is 116 Å². The molecule has 9 nitrogen and oxygen atoms in total. The van der Waals surface area contributed by atoms with E-state index in [0.717, 1.165) is 26.8 Å². The molecule has 164 valence electrons. The van der Waals surface area contributed by atoms with Crippen molar-refractivity contribution in [3.05, 3.63) is 51.7 Å². The predicted molar refractivity (Wildman–Crippen MR) is 112 cm³/mol. The highest BCUT2D eigenvalue weighted by molar-refractivity contribution is 7.91. The van der Waals surface area contributed by atoms with Crippen molar-refractivity contribution in [2.24, 2.45) is 0 Å². The third-order valence-electron chi connectivity index (χ3n) is 5.41. The molecular weight excluding hydrogens is 430 g/mol. The molecule has 0 bridgehead atoms. The summed E-state index contributed by atoms with van der Waals surface area (Å²) in [5.74, 6) is -0.182. The van der Waals surface area contributed by atoms with Crippen LogP contribution in [0.1, 0.15) is 34.2 Å². The van der Waals surface area contributed by atoms with E-state index in [1.165, 1.54) is 20.2 Å². The SMILES string of the molecule is Cc1cc(C(=O)Cn2cc(S(=O)(=O)N(C)C)ccc2=O)c(C)n1C1CCS(=O)(=O)C1. The molecule has 2 aromatic rings. The molecular formula is C19H25N3O6S2. The summed E-state index contributed by atoms with van der Waals surface area (Å²) in [5, 5.41) is 0. The quantitative estimate of drug-likeness (QED) is 0.594. The molecule has 0 radical (unpaired) electrons. The van der Waals surface area contributed by atoms with E-state index in [4.69, 9.17) is 0 Å². The number of ketones is 1. The Balaban J connectivity index is 1.93. The first kappa shape index (κ1) is 22.4. The van der Waals surface area contributed by atoms with Crippen molar-refractivity contribution in [3.63, 3.8) is 0 Å². The molecule has 0 amide bonds. The van der Waals surface area contributed by atoms with Gasteiger partial charge in [-0.25, -0.2) is 21.1 Å². The maximum atomic E-state index is 12.9. The molecule has 1 atom stereocenters. The summed E-state index contributed by atoms with van der Waals surface area (Å²) in [4.78, 5) is 25.1. The number of pyridine rings is 1. The number of Topliss-reactive ketones (excluding diaryl/α,β-unsaturated/α-hetero) is 1. The van der Waals surface area contributed by atoms with Gasteiger partial charge in [0.15, 0.2) is 15.6 Å². The molecule has 0 N–H and O–H groups in total. The molecule has 0 saturated carbocycles. The van der Waals surface area contributed by atoms with Gasteiger partial charge < -0.3 is 9.13 Å². The van der Waals surface area contributed by atoms with Crippen LogP contribution in [0.5, 0.6) is 0 Å². The molecule has 0 aliphatic carbocycles. The van der Waals surface area contributed by atoms with Gasteiger partial charge >= 0.3 is 0 Å². The average molecular weight is 456 g/mol. The van der Waals surface area contributed by atoms with Crippen LogP contribution in [0.25, 0.3) is 0 Å². The molecule has 2 aromatic heterocycles. The van der Waals surface area contributed by atoms with Crippen molar-refractivity contribution >= 4 is 25.6 Å². The molecule has 11 heteroatoms. The van der Waals surface area contributed by atoms with Gasteiger partial charge in [-0.2, -0.15) is 0 Å². The lowest BCUT2D eigenvalue weighted by Gasteiger charge is -2.16. The molecule has 1 unspecified atom stereocenters. The van der Waals surface area contributed by atoms with Crippen LogP contribution in [0.2, 0.25) is 0 Å². The predicted octanol–water partition coefficient (Wildman–Crippen LogP) is 0.759. The fraction of sp³-hybridized carbons (Fsp3) is 0.474. The monoisotopic (exact) mass is 455 g/mol. The molecule has 0 spiro atoms. The smallest absolute Gasteiger partial charge is 0.251 e. The lowest BCUT2D eigenvalue weighted by Crippen LogP contribution is -2.27. The summed E-state index contributed by atoms with van der Waals surface area (Å²) in [7, 11) is -4.06. The Morgan fingerprint density at radius 3 is 2.47 bits per heavy atom. The van der Waals surface area contributed by atoms with Gasteiger partial charge in [0.2, 0.25) is 10.0 Å². The Morgan fingerprint density at radius 2 is 1.90 bits per heavy atom. The number of carbonyl (C=O) groups excluding carboxylic acids is 1. The van der Waals surface area contributed by atoms with Gasteiger partial charge in [0.05, 0.1) is 22.9 Å². The van der Waals surface area contributed by atoms with Gasteiger partial charge in [-0.15, -0.1) is 0 Å². The van der Waals surface area contributed by atoms with Crippen LogP contribution in [0.3, 0.4) is 0 Å². The van der Waals surface area contributed by atoms with Crippen molar-refractivity contribution in [2.45, 2.75) is 37.8 Å². The molecule has 3 rings (SSSR count). The summed E-state index contributed by atoms with van der Waals surface area (Å²) in [6.45, 7) is 3.24. The Hall–Kier alpha value is -2.24. The second-order valence-electron chi connectivity index (χ2n) is 7.75. The fourth-order valence-electron chi connectivity index (χ4n) is 3.84. The zero-order valence-electron chi connectivity index (χ0n) is 17.3. The molecule has 0 aromatic carbocycles. The summed E-state index contributed by atoms with van der Waals surface area (Å²) in [5.41, 5.74) is 1.32. The second-order valence-corrected chi connectivity index (χ2v) is 12.1. The van der Waals surface area contributed by atoms with Crippen molar-refractivity contribution < 1.29 is 21.6 Å². The number of aryl methyl sites for hydroxylation is 1. The highest BCUT2D eigenvalue weighted by atomic mass is 32.2. The summed E-state index contributed by atoms with van der Waals surface area (Å²) in [6.07, 6.45) is 1.66. The number of sulfone groups is 1. The van der Waals surface area contributed by atoms with Crippen molar-refractivity contribution in [3.8, 4) is 0 Å². The van der Waals surface area contributed by atoms with Crippen LogP contribution in [-0.2, 0) is 26.4 Å². The Labute approximate surface area is 175 Å². The van der Waals surface area contributed by atoms with Crippen LogP contribution in [0, 0.1) is 13.8 Å². The maximum Gasteiger partial charge on any atom is 0.251 e. The molecule has 1 aliphatic heterocycles. The second kappa shape index (κ2) is 7.78. The standard InChI is InChI=1S/C19H25N3O6S2/c1-13-9-17(14(2)22(13)15-7-8-29(25,26)12-15)18(23)11-21-10-16(5-6-19(21)24)30(27,28)20(3)4/h5-6,9-10,15H,7-8,11-12H2,1-4H3. The molecule has 1 saturated heterocycles. The van der Waals surface area contributed by atoms with Crippen LogP contribution in [0.15, 0.2) is 34.1 Å². The fourth-order valence-corrected chi connectivity index (χ4v) is 6.46. The van der Waals surface area contributed by atoms with Crippen molar-refractivity contribution in [2.75, 3.05) is 25.6 Å². The van der Waals surface area contributed by atoms with Gasteiger partial charge in [-0.05, 0) is 32.4 Å². The highest BCUT2D eigenvalue weighted by Crippen LogP contribution is 2.29. The highest BCUT2D eigenvalue weighted by Gasteiger charge is 2.31. The summed E-state index contributed by atoms with van der Waals surface area (Å²) in [6, 6.07) is 3.81. The zero-order valence-corrected chi connectivity index (χ0v) is 19.0. The zero-order chi connectivity index (χ0) is 22.4. The summed E-state index contributed by atoms with van der Waals surface area (Å²) >= 11 is 0. The van der Waals surface area contributed by atoms with Gasteiger partial charge in [0.1, 0.15) is 0 Å². The van der Waals surface area contributed by atoms with Crippen molar-refractivity contribution in [1.29, 1.82) is 0 Å². The van der Waals surface area contributed by atoms with Crippen molar-refractivity contribution in [1.82, 2.24) is 13.4 Å². The minimum absolute atomic E-state index is 0.0425. The average Bonchev–Trinajstić information content (AvgIpc) is 3.14. The summed E-state index contributed by atoms with van der Waals surface area (Å²) < 4.78 is 52.3. The van der Waals surface area contributed by atoms with E-state index in [1.54, 1.807) is 13.0 Å². The number of hydrogen-bond donors (Lipinski definition) is 0. The van der Waals surface area contributed by atoms with Gasteiger partial charge in [0, 0.05) is 49.4 Å². The van der Waals surface area contributed by atoms with Crippen LogP contribution in [0.4, 0.5) is 0 Å². The number of aromatic nitrogens is 2. The maximum absolute atomic E-state index is 12.9. The largest absolute Gasteiger partial charge is 0.344 e. The lowest BCUT2D eigenvalue weighted by atomic mass is 10.1. The number of carbonyl (C=O) groups is 1. The van der Waals surface area contributed by atoms with E-state index < -0.39 is 25.4 Å². The first-order valence-electron chi connectivity index (χ1n) is 9.38. The number of hydrogen-bond acceptors (Lipinski definition) is 6. The Bertz CT molecular complexity index is 1270. The van der Waals surface area contributed by atoms with E-state index in [9.17, 15) is 26.4 Å². The third kappa shape index (κ3) is 4.14. The van der Waals surface area contributed by atoms with Gasteiger partial charge in [-0.1, -0.05) is 0 Å². The molecule has 1 aliphatic rings. The lowest BCUT2D eigenvalue weighted by molar-refractivity contribution is 0.0969. The van der Waals surface area contributed by atoms with Crippen LogP contribution >= 0.6 is 0 Å². The van der Waals surface area contributed by atoms with E-state index in [0.29, 0.717) is 17.7 Å². The van der Waals surface area contributed by atoms with E-state index >= 15 is 0 Å².